The number of imidazole rings is 1. The van der Waals surface area contributed by atoms with Crippen molar-refractivity contribution < 1.29 is 23.5 Å². The van der Waals surface area contributed by atoms with Crippen LogP contribution in [0.15, 0.2) is 66.0 Å². The SMILES string of the molecule is CSc1ncc(C(=O)OCC(=O)N2CCN(C(=O)Nc3ccccc3)CC2)n1-c1ccc(F)cc1. The topological polar surface area (TPSA) is 96.8 Å². The number of aromatic nitrogens is 2. The van der Waals surface area contributed by atoms with Gasteiger partial charge in [0.2, 0.25) is 0 Å². The Morgan fingerprint density at radius 1 is 1.00 bits per heavy atom. The van der Waals surface area contributed by atoms with Gasteiger partial charge in [-0.1, -0.05) is 30.0 Å². The molecule has 0 aliphatic carbocycles. The van der Waals surface area contributed by atoms with Crippen LogP contribution in [0.3, 0.4) is 0 Å². The van der Waals surface area contributed by atoms with E-state index in [1.54, 1.807) is 32.8 Å². The number of anilines is 1. The van der Waals surface area contributed by atoms with E-state index in [1.165, 1.54) is 42.2 Å². The van der Waals surface area contributed by atoms with E-state index in [9.17, 15) is 18.8 Å². The van der Waals surface area contributed by atoms with Crippen LogP contribution in [0.4, 0.5) is 14.9 Å². The van der Waals surface area contributed by atoms with Gasteiger partial charge >= 0.3 is 12.0 Å². The van der Waals surface area contributed by atoms with Crippen LogP contribution in [-0.2, 0) is 9.53 Å². The molecule has 1 fully saturated rings. The quantitative estimate of drug-likeness (QED) is 0.415. The van der Waals surface area contributed by atoms with E-state index in [4.69, 9.17) is 4.74 Å². The molecule has 0 spiro atoms. The standard InChI is InChI=1S/C24H24FN5O4S/c1-35-24-26-15-20(30(24)19-9-7-17(25)8-10-19)22(32)34-16-21(31)28-11-13-29(14-12-28)23(33)27-18-5-3-2-4-6-18/h2-10,15H,11-14,16H2,1H3,(H,27,33). The lowest BCUT2D eigenvalue weighted by Gasteiger charge is -2.34. The van der Waals surface area contributed by atoms with E-state index in [-0.39, 0.29) is 17.6 Å². The summed E-state index contributed by atoms with van der Waals surface area (Å²) in [4.78, 5) is 45.2. The summed E-state index contributed by atoms with van der Waals surface area (Å²) >= 11 is 1.32. The van der Waals surface area contributed by atoms with Gasteiger partial charge in [-0.3, -0.25) is 9.36 Å². The molecule has 1 aliphatic rings. The largest absolute Gasteiger partial charge is 0.451 e. The zero-order valence-corrected chi connectivity index (χ0v) is 19.8. The van der Waals surface area contributed by atoms with Gasteiger partial charge in [-0.05, 0) is 42.7 Å². The number of amides is 3. The monoisotopic (exact) mass is 497 g/mol. The van der Waals surface area contributed by atoms with Crippen LogP contribution in [0.1, 0.15) is 10.5 Å². The number of carbonyl (C=O) groups excluding carboxylic acids is 3. The fraction of sp³-hybridized carbons (Fsp3) is 0.250. The van der Waals surface area contributed by atoms with E-state index in [2.05, 4.69) is 10.3 Å². The maximum atomic E-state index is 13.3. The average molecular weight is 498 g/mol. The highest BCUT2D eigenvalue weighted by Gasteiger charge is 2.26. The van der Waals surface area contributed by atoms with Gasteiger partial charge in [-0.15, -0.1) is 0 Å². The van der Waals surface area contributed by atoms with Gasteiger partial charge in [0.05, 0.1) is 6.20 Å². The van der Waals surface area contributed by atoms with E-state index < -0.39 is 18.4 Å². The fourth-order valence-electron chi connectivity index (χ4n) is 3.64. The summed E-state index contributed by atoms with van der Waals surface area (Å²) in [6, 6.07) is 14.6. The molecular weight excluding hydrogens is 473 g/mol. The van der Waals surface area contributed by atoms with E-state index in [0.717, 1.165) is 0 Å². The minimum Gasteiger partial charge on any atom is -0.451 e. The molecule has 2 aromatic carbocycles. The third kappa shape index (κ3) is 5.80. The lowest BCUT2D eigenvalue weighted by molar-refractivity contribution is -0.135. The molecule has 0 unspecified atom stereocenters. The van der Waals surface area contributed by atoms with Gasteiger partial charge in [0.25, 0.3) is 5.91 Å². The molecule has 9 nitrogen and oxygen atoms in total. The van der Waals surface area contributed by atoms with Crippen LogP contribution >= 0.6 is 11.8 Å². The molecule has 1 aliphatic heterocycles. The van der Waals surface area contributed by atoms with Crippen molar-refractivity contribution in [2.75, 3.05) is 44.4 Å². The number of thioether (sulfide) groups is 1. The summed E-state index contributed by atoms with van der Waals surface area (Å²) in [7, 11) is 0. The highest BCUT2D eigenvalue weighted by molar-refractivity contribution is 7.98. The Bertz CT molecular complexity index is 1190. The van der Waals surface area contributed by atoms with E-state index in [0.29, 0.717) is 42.7 Å². The first-order valence-corrected chi connectivity index (χ1v) is 12.1. The van der Waals surface area contributed by atoms with E-state index >= 15 is 0 Å². The van der Waals surface area contributed by atoms with Gasteiger partial charge < -0.3 is 19.9 Å². The molecule has 0 radical (unpaired) electrons. The summed E-state index contributed by atoms with van der Waals surface area (Å²) < 4.78 is 20.2. The number of para-hydroxylation sites is 1. The second-order valence-corrected chi connectivity index (χ2v) is 8.46. The van der Waals surface area contributed by atoms with Crippen LogP contribution in [0.2, 0.25) is 0 Å². The fourth-order valence-corrected chi connectivity index (χ4v) is 4.18. The molecule has 11 heteroatoms. The molecular formula is C24H24FN5O4S. The maximum absolute atomic E-state index is 13.3. The molecule has 4 rings (SSSR count). The third-order valence-corrected chi connectivity index (χ3v) is 6.13. The zero-order valence-electron chi connectivity index (χ0n) is 19.0. The molecule has 35 heavy (non-hydrogen) atoms. The summed E-state index contributed by atoms with van der Waals surface area (Å²) in [6.45, 7) is 0.975. The first kappa shape index (κ1) is 24.3. The number of rotatable bonds is 6. The second-order valence-electron chi connectivity index (χ2n) is 7.68. The first-order chi connectivity index (χ1) is 17.0. The van der Waals surface area contributed by atoms with Crippen molar-refractivity contribution in [3.8, 4) is 5.69 Å². The Labute approximate surface area is 205 Å². The Morgan fingerprint density at radius 3 is 2.31 bits per heavy atom. The van der Waals surface area contributed by atoms with E-state index in [1.807, 2.05) is 18.2 Å². The zero-order chi connectivity index (χ0) is 24.8. The minimum atomic E-state index is -0.712. The number of ether oxygens (including phenoxy) is 1. The molecule has 0 atom stereocenters. The number of esters is 1. The number of carbonyl (C=O) groups is 3. The number of hydrogen-bond acceptors (Lipinski definition) is 6. The summed E-state index contributed by atoms with van der Waals surface area (Å²) in [5, 5.41) is 3.35. The molecule has 1 aromatic heterocycles. The number of nitrogens with one attached hydrogen (secondary N) is 1. The summed E-state index contributed by atoms with van der Waals surface area (Å²) in [5.41, 5.74) is 1.39. The van der Waals surface area contributed by atoms with Crippen LogP contribution in [0.25, 0.3) is 5.69 Å². The predicted molar refractivity (Wildman–Crippen MR) is 129 cm³/mol. The summed E-state index contributed by atoms with van der Waals surface area (Å²) in [6.07, 6.45) is 3.17. The smallest absolute Gasteiger partial charge is 0.357 e. The lowest BCUT2D eigenvalue weighted by Crippen LogP contribution is -2.52. The van der Waals surface area contributed by atoms with Gasteiger partial charge in [0.15, 0.2) is 17.5 Å². The maximum Gasteiger partial charge on any atom is 0.357 e. The Kier molecular flexibility index (Phi) is 7.66. The van der Waals surface area contributed by atoms with Crippen molar-refractivity contribution in [3.63, 3.8) is 0 Å². The lowest BCUT2D eigenvalue weighted by atomic mass is 10.3. The predicted octanol–water partition coefficient (Wildman–Crippen LogP) is 3.27. The van der Waals surface area contributed by atoms with Crippen LogP contribution in [0.5, 0.6) is 0 Å². The third-order valence-electron chi connectivity index (χ3n) is 5.48. The first-order valence-electron chi connectivity index (χ1n) is 10.9. The number of benzene rings is 2. The van der Waals surface area contributed by atoms with Gasteiger partial charge in [-0.25, -0.2) is 19.0 Å². The van der Waals surface area contributed by atoms with Gasteiger partial charge in [0.1, 0.15) is 5.82 Å². The minimum absolute atomic E-state index is 0.135. The number of urea groups is 1. The normalized spacial score (nSPS) is 13.4. The highest BCUT2D eigenvalue weighted by atomic mass is 32.2. The molecule has 0 bridgehead atoms. The second kappa shape index (κ2) is 11.0. The number of piperazine rings is 1. The number of nitrogens with zero attached hydrogens (tertiary/aromatic N) is 4. The van der Waals surface area contributed by atoms with Crippen LogP contribution in [0, 0.1) is 5.82 Å². The van der Waals surface area contributed by atoms with Crippen molar-refractivity contribution >= 4 is 35.4 Å². The van der Waals surface area contributed by atoms with Crippen molar-refractivity contribution in [2.45, 2.75) is 5.16 Å². The Hall–Kier alpha value is -3.86. The average Bonchev–Trinajstić information content (AvgIpc) is 3.32. The number of halogens is 1. The van der Waals surface area contributed by atoms with Gasteiger partial charge in [-0.2, -0.15) is 0 Å². The molecule has 1 saturated heterocycles. The van der Waals surface area contributed by atoms with Crippen LogP contribution < -0.4 is 5.32 Å². The molecule has 182 valence electrons. The molecule has 3 amide bonds. The van der Waals surface area contributed by atoms with Crippen molar-refractivity contribution in [1.82, 2.24) is 19.4 Å². The molecule has 1 N–H and O–H groups in total. The Morgan fingerprint density at radius 2 is 1.66 bits per heavy atom. The molecule has 0 saturated carbocycles. The molecule has 3 aromatic rings. The number of hydrogen-bond donors (Lipinski definition) is 1. The van der Waals surface area contributed by atoms with Crippen LogP contribution in [-0.4, -0.2) is 76.3 Å². The molecule has 2 heterocycles. The summed E-state index contributed by atoms with van der Waals surface area (Å²) in [5.74, 6) is -1.46. The van der Waals surface area contributed by atoms with Crippen molar-refractivity contribution in [3.05, 3.63) is 72.3 Å². The van der Waals surface area contributed by atoms with Crippen molar-refractivity contribution in [1.29, 1.82) is 0 Å². The highest BCUT2D eigenvalue weighted by Crippen LogP contribution is 2.22. The van der Waals surface area contributed by atoms with Gasteiger partial charge in [0, 0.05) is 37.6 Å². The Balaban J connectivity index is 1.31. The van der Waals surface area contributed by atoms with Crippen molar-refractivity contribution in [2.24, 2.45) is 0 Å².